The molecule has 0 unspecified atom stereocenters. The van der Waals surface area contributed by atoms with Crippen LogP contribution in [0.1, 0.15) is 10.6 Å². The molecule has 2 aromatic heterocycles. The summed E-state index contributed by atoms with van der Waals surface area (Å²) in [5, 5.41) is 14.3. The number of nitrogens with one attached hydrogen (secondary N) is 2. The fraction of sp³-hybridized carbons (Fsp3) is 0.0476. The van der Waals surface area contributed by atoms with Crippen molar-refractivity contribution in [2.45, 2.75) is 5.22 Å². The van der Waals surface area contributed by atoms with Gasteiger partial charge in [0.2, 0.25) is 11.8 Å². The minimum Gasteiger partial charge on any atom is -0.459 e. The summed E-state index contributed by atoms with van der Waals surface area (Å²) in [4.78, 5) is 24.2. The van der Waals surface area contributed by atoms with Crippen molar-refractivity contribution in [3.63, 3.8) is 0 Å². The number of halogens is 1. The SMILES string of the molecule is O=C(CSc1nnc(-c2ccc(Cl)cc2)o1)Nc1ccc(NC(=O)c2ccco2)cc1. The number of benzene rings is 2. The van der Waals surface area contributed by atoms with Crippen LogP contribution in [0, 0.1) is 0 Å². The summed E-state index contributed by atoms with van der Waals surface area (Å²) in [6.45, 7) is 0. The van der Waals surface area contributed by atoms with E-state index in [2.05, 4.69) is 20.8 Å². The highest BCUT2D eigenvalue weighted by Gasteiger charge is 2.12. The predicted molar refractivity (Wildman–Crippen MR) is 117 cm³/mol. The molecule has 2 heterocycles. The Hall–Kier alpha value is -3.56. The molecule has 0 saturated heterocycles. The molecule has 4 aromatic rings. The van der Waals surface area contributed by atoms with Crippen LogP contribution in [0.15, 0.2) is 81.0 Å². The molecule has 0 radical (unpaired) electrons. The molecule has 0 aliphatic carbocycles. The maximum atomic E-state index is 12.2. The Bertz CT molecular complexity index is 1180. The first-order valence-corrected chi connectivity index (χ1v) is 10.4. The van der Waals surface area contributed by atoms with Crippen LogP contribution in [0.5, 0.6) is 0 Å². The number of anilines is 2. The lowest BCUT2D eigenvalue weighted by Crippen LogP contribution is -2.14. The number of carbonyl (C=O) groups is 2. The maximum absolute atomic E-state index is 12.2. The Balaban J connectivity index is 1.27. The van der Waals surface area contributed by atoms with Crippen molar-refractivity contribution in [1.82, 2.24) is 10.2 Å². The van der Waals surface area contributed by atoms with E-state index in [0.717, 1.165) is 17.3 Å². The highest BCUT2D eigenvalue weighted by molar-refractivity contribution is 7.99. The van der Waals surface area contributed by atoms with E-state index in [-0.39, 0.29) is 28.6 Å². The topological polar surface area (TPSA) is 110 Å². The number of carbonyl (C=O) groups excluding carboxylic acids is 2. The molecule has 0 aliphatic heterocycles. The van der Waals surface area contributed by atoms with Crippen molar-refractivity contribution in [2.75, 3.05) is 16.4 Å². The maximum Gasteiger partial charge on any atom is 0.291 e. The van der Waals surface area contributed by atoms with Crippen LogP contribution in [0.3, 0.4) is 0 Å². The van der Waals surface area contributed by atoms with Gasteiger partial charge in [-0.1, -0.05) is 23.4 Å². The van der Waals surface area contributed by atoms with Gasteiger partial charge in [-0.2, -0.15) is 0 Å². The smallest absolute Gasteiger partial charge is 0.291 e. The summed E-state index contributed by atoms with van der Waals surface area (Å²) < 4.78 is 10.6. The molecule has 156 valence electrons. The van der Waals surface area contributed by atoms with Gasteiger partial charge in [0.1, 0.15) is 0 Å². The lowest BCUT2D eigenvalue weighted by atomic mass is 10.2. The molecule has 10 heteroatoms. The molecule has 0 spiro atoms. The molecule has 0 bridgehead atoms. The van der Waals surface area contributed by atoms with Gasteiger partial charge in [0.05, 0.1) is 12.0 Å². The van der Waals surface area contributed by atoms with E-state index in [1.807, 2.05) is 0 Å². The van der Waals surface area contributed by atoms with Crippen LogP contribution in [-0.4, -0.2) is 27.8 Å². The Morgan fingerprint density at radius 1 is 0.935 bits per heavy atom. The molecule has 0 atom stereocenters. The van der Waals surface area contributed by atoms with E-state index in [9.17, 15) is 9.59 Å². The third kappa shape index (κ3) is 5.53. The summed E-state index contributed by atoms with van der Waals surface area (Å²) in [6.07, 6.45) is 1.43. The average Bonchev–Trinajstić information content (AvgIpc) is 3.47. The van der Waals surface area contributed by atoms with E-state index in [0.29, 0.717) is 22.3 Å². The van der Waals surface area contributed by atoms with E-state index in [4.69, 9.17) is 20.4 Å². The number of furan rings is 1. The summed E-state index contributed by atoms with van der Waals surface area (Å²) in [5.74, 6) is 0.0833. The summed E-state index contributed by atoms with van der Waals surface area (Å²) in [6, 6.07) is 17.0. The largest absolute Gasteiger partial charge is 0.459 e. The normalized spacial score (nSPS) is 10.6. The van der Waals surface area contributed by atoms with Gasteiger partial charge in [-0.15, -0.1) is 10.2 Å². The van der Waals surface area contributed by atoms with E-state index >= 15 is 0 Å². The molecule has 2 aromatic carbocycles. The van der Waals surface area contributed by atoms with E-state index < -0.39 is 0 Å². The highest BCUT2D eigenvalue weighted by atomic mass is 35.5. The first kappa shape index (κ1) is 20.7. The van der Waals surface area contributed by atoms with E-state index in [1.165, 1.54) is 6.26 Å². The average molecular weight is 455 g/mol. The summed E-state index contributed by atoms with van der Waals surface area (Å²) >= 11 is 7.00. The molecular formula is C21H15ClN4O4S. The van der Waals surface area contributed by atoms with Crippen LogP contribution in [-0.2, 0) is 4.79 Å². The molecule has 2 N–H and O–H groups in total. The van der Waals surface area contributed by atoms with E-state index in [1.54, 1.807) is 60.7 Å². The van der Waals surface area contributed by atoms with Gasteiger partial charge >= 0.3 is 0 Å². The molecule has 31 heavy (non-hydrogen) atoms. The summed E-state index contributed by atoms with van der Waals surface area (Å²) in [7, 11) is 0. The molecule has 2 amide bonds. The fourth-order valence-electron chi connectivity index (χ4n) is 2.54. The van der Waals surface area contributed by atoms with Gasteiger partial charge in [-0.3, -0.25) is 9.59 Å². The second-order valence-electron chi connectivity index (χ2n) is 6.23. The van der Waals surface area contributed by atoms with Gasteiger partial charge in [-0.05, 0) is 60.7 Å². The Morgan fingerprint density at radius 2 is 1.65 bits per heavy atom. The number of hydrogen-bond acceptors (Lipinski definition) is 7. The zero-order chi connectivity index (χ0) is 21.6. The van der Waals surface area contributed by atoms with Crippen LogP contribution >= 0.6 is 23.4 Å². The minimum absolute atomic E-state index is 0.0965. The fourth-order valence-corrected chi connectivity index (χ4v) is 3.23. The second kappa shape index (κ2) is 9.50. The molecular weight excluding hydrogens is 440 g/mol. The Kier molecular flexibility index (Phi) is 6.34. The lowest BCUT2D eigenvalue weighted by Gasteiger charge is -2.06. The van der Waals surface area contributed by atoms with Gasteiger partial charge in [0.25, 0.3) is 11.1 Å². The van der Waals surface area contributed by atoms with Crippen LogP contribution in [0.2, 0.25) is 5.02 Å². The third-order valence-corrected chi connectivity index (χ3v) is 5.07. The van der Waals surface area contributed by atoms with Crippen LogP contribution in [0.25, 0.3) is 11.5 Å². The van der Waals surface area contributed by atoms with Crippen molar-refractivity contribution in [3.8, 4) is 11.5 Å². The number of rotatable bonds is 7. The number of amides is 2. The van der Waals surface area contributed by atoms with Crippen molar-refractivity contribution in [2.24, 2.45) is 0 Å². The first-order valence-electron chi connectivity index (χ1n) is 9.04. The predicted octanol–water partition coefficient (Wildman–Crippen LogP) is 4.97. The third-order valence-electron chi connectivity index (χ3n) is 4.00. The number of thioether (sulfide) groups is 1. The molecule has 0 aliphatic rings. The molecule has 8 nitrogen and oxygen atoms in total. The molecule has 0 fully saturated rings. The second-order valence-corrected chi connectivity index (χ2v) is 7.59. The van der Waals surface area contributed by atoms with Gasteiger partial charge in [0, 0.05) is 22.0 Å². The van der Waals surface area contributed by atoms with Gasteiger partial charge in [-0.25, -0.2) is 0 Å². The van der Waals surface area contributed by atoms with Crippen molar-refractivity contribution in [1.29, 1.82) is 0 Å². The first-order chi connectivity index (χ1) is 15.1. The molecule has 4 rings (SSSR count). The van der Waals surface area contributed by atoms with Crippen molar-refractivity contribution in [3.05, 3.63) is 77.7 Å². The standard InChI is InChI=1S/C21H15ClN4O4S/c22-14-5-3-13(4-6-14)20-25-26-21(30-20)31-12-18(27)23-15-7-9-16(10-8-15)24-19(28)17-2-1-11-29-17/h1-11H,12H2,(H,23,27)(H,24,28). The Morgan fingerprint density at radius 3 is 2.32 bits per heavy atom. The highest BCUT2D eigenvalue weighted by Crippen LogP contribution is 2.24. The Labute approximate surface area is 186 Å². The number of aromatic nitrogens is 2. The number of nitrogens with zero attached hydrogens (tertiary/aromatic N) is 2. The zero-order valence-corrected chi connectivity index (χ0v) is 17.4. The minimum atomic E-state index is -0.351. The quantitative estimate of drug-likeness (QED) is 0.379. The summed E-state index contributed by atoms with van der Waals surface area (Å²) in [5.41, 5.74) is 1.91. The van der Waals surface area contributed by atoms with Crippen LogP contribution < -0.4 is 10.6 Å². The van der Waals surface area contributed by atoms with Crippen LogP contribution in [0.4, 0.5) is 11.4 Å². The monoisotopic (exact) mass is 454 g/mol. The van der Waals surface area contributed by atoms with Crippen molar-refractivity contribution < 1.29 is 18.4 Å². The van der Waals surface area contributed by atoms with Crippen molar-refractivity contribution >= 4 is 46.6 Å². The number of hydrogen-bond donors (Lipinski definition) is 2. The van der Waals surface area contributed by atoms with Gasteiger partial charge in [0.15, 0.2) is 5.76 Å². The lowest BCUT2D eigenvalue weighted by molar-refractivity contribution is -0.113. The van der Waals surface area contributed by atoms with Gasteiger partial charge < -0.3 is 19.5 Å². The zero-order valence-electron chi connectivity index (χ0n) is 15.9. The molecule has 0 saturated carbocycles.